The number of rotatable bonds is 4. The lowest BCUT2D eigenvalue weighted by Gasteiger charge is -2.14. The highest BCUT2D eigenvalue weighted by Crippen LogP contribution is 2.32. The number of pyridine rings is 1. The van der Waals surface area contributed by atoms with Crippen LogP contribution in [0.5, 0.6) is 0 Å². The van der Waals surface area contributed by atoms with Gasteiger partial charge in [0.2, 0.25) is 5.91 Å². The lowest BCUT2D eigenvalue weighted by atomic mass is 10.0. The number of amides is 3. The van der Waals surface area contributed by atoms with Gasteiger partial charge in [0.05, 0.1) is 24.4 Å². The Kier molecular flexibility index (Phi) is 4.71. The molecule has 1 saturated heterocycles. The topological polar surface area (TPSA) is 101 Å². The maximum absolute atomic E-state index is 14.7. The summed E-state index contributed by atoms with van der Waals surface area (Å²) in [4.78, 5) is 40.6. The van der Waals surface area contributed by atoms with Crippen LogP contribution in [-0.4, -0.2) is 42.1 Å². The average molecular weight is 396 g/mol. The number of carbonyl (C=O) groups excluding carboxylic acids is 3. The third-order valence-electron chi connectivity index (χ3n) is 4.62. The molecule has 0 saturated carbocycles. The van der Waals surface area contributed by atoms with Crippen molar-refractivity contribution in [2.45, 2.75) is 13.0 Å². The van der Waals surface area contributed by atoms with Crippen LogP contribution in [0.15, 0.2) is 36.5 Å². The maximum atomic E-state index is 14.7. The van der Waals surface area contributed by atoms with Crippen molar-refractivity contribution >= 4 is 41.1 Å². The van der Waals surface area contributed by atoms with E-state index in [0.29, 0.717) is 22.6 Å². The molecule has 1 atom stereocenters. The molecule has 3 heterocycles. The number of ether oxygens (including phenoxy) is 1. The van der Waals surface area contributed by atoms with Gasteiger partial charge in [-0.3, -0.25) is 14.5 Å². The lowest BCUT2D eigenvalue weighted by molar-refractivity contribution is -0.119. The predicted molar refractivity (Wildman–Crippen MR) is 103 cm³/mol. The van der Waals surface area contributed by atoms with E-state index in [1.165, 1.54) is 30.0 Å². The summed E-state index contributed by atoms with van der Waals surface area (Å²) in [6.07, 6.45) is 1.89. The highest BCUT2D eigenvalue weighted by atomic mass is 19.1. The van der Waals surface area contributed by atoms with Gasteiger partial charge in [-0.1, -0.05) is 0 Å². The average Bonchev–Trinajstić information content (AvgIpc) is 3.21. The zero-order chi connectivity index (χ0) is 20.5. The normalized spacial score (nSPS) is 19.2. The number of carbonyl (C=O) groups is 3. The van der Waals surface area contributed by atoms with E-state index < -0.39 is 18.0 Å². The quantitative estimate of drug-likeness (QED) is 0.772. The molecule has 0 aliphatic carbocycles. The Labute approximate surface area is 165 Å². The van der Waals surface area contributed by atoms with Crippen LogP contribution < -0.4 is 15.5 Å². The van der Waals surface area contributed by atoms with Crippen LogP contribution in [-0.2, 0) is 14.3 Å². The van der Waals surface area contributed by atoms with Crippen molar-refractivity contribution in [3.63, 3.8) is 0 Å². The Morgan fingerprint density at radius 1 is 1.41 bits per heavy atom. The van der Waals surface area contributed by atoms with E-state index in [-0.39, 0.29) is 30.5 Å². The Morgan fingerprint density at radius 2 is 2.24 bits per heavy atom. The number of hydrogen-bond acceptors (Lipinski definition) is 5. The minimum atomic E-state index is -0.610. The molecule has 2 aliphatic heterocycles. The molecule has 0 radical (unpaired) electrons. The molecule has 1 fully saturated rings. The molecule has 4 rings (SSSR count). The Hall–Kier alpha value is -3.75. The van der Waals surface area contributed by atoms with Gasteiger partial charge >= 0.3 is 6.09 Å². The van der Waals surface area contributed by atoms with Gasteiger partial charge in [-0.2, -0.15) is 0 Å². The highest BCUT2D eigenvalue weighted by molar-refractivity contribution is 6.34. The number of hydrogen-bond donors (Lipinski definition) is 2. The van der Waals surface area contributed by atoms with E-state index in [9.17, 15) is 18.8 Å². The Morgan fingerprint density at radius 3 is 3.00 bits per heavy atom. The van der Waals surface area contributed by atoms with Crippen LogP contribution in [0.1, 0.15) is 18.1 Å². The van der Waals surface area contributed by atoms with Crippen molar-refractivity contribution in [3.8, 4) is 0 Å². The van der Waals surface area contributed by atoms with E-state index in [2.05, 4.69) is 15.6 Å². The minimum Gasteiger partial charge on any atom is -0.442 e. The van der Waals surface area contributed by atoms with Crippen LogP contribution >= 0.6 is 0 Å². The molecule has 2 aliphatic rings. The fourth-order valence-corrected chi connectivity index (χ4v) is 3.22. The zero-order valence-corrected chi connectivity index (χ0v) is 15.4. The van der Waals surface area contributed by atoms with Gasteiger partial charge < -0.3 is 15.4 Å². The molecule has 0 spiro atoms. The Bertz CT molecular complexity index is 1050. The van der Waals surface area contributed by atoms with Crippen molar-refractivity contribution in [1.82, 2.24) is 10.3 Å². The third-order valence-corrected chi connectivity index (χ3v) is 4.62. The maximum Gasteiger partial charge on any atom is 0.414 e. The number of benzene rings is 1. The number of aromatic nitrogens is 1. The van der Waals surface area contributed by atoms with Gasteiger partial charge in [0.1, 0.15) is 17.7 Å². The van der Waals surface area contributed by atoms with Gasteiger partial charge in [-0.05, 0) is 36.4 Å². The second-order valence-corrected chi connectivity index (χ2v) is 6.67. The summed E-state index contributed by atoms with van der Waals surface area (Å²) < 4.78 is 19.9. The van der Waals surface area contributed by atoms with Crippen molar-refractivity contribution in [2.24, 2.45) is 0 Å². The van der Waals surface area contributed by atoms with Crippen molar-refractivity contribution in [3.05, 3.63) is 53.5 Å². The van der Waals surface area contributed by atoms with E-state index in [1.54, 1.807) is 24.4 Å². The predicted octanol–water partition coefficient (Wildman–Crippen LogP) is 2.17. The van der Waals surface area contributed by atoms with Gasteiger partial charge in [0, 0.05) is 24.2 Å². The standard InChI is InChI=1S/C20H17FN4O4/c1-11(26)23-9-14-10-25(20(28)29-14)13-5-4-12(17(21)8-13)7-16-15-3-2-6-22-18(15)24-19(16)27/h2-8,14H,9-10H2,1H3,(H,23,26)(H,22,24,27)/b16-7+. The van der Waals surface area contributed by atoms with Crippen molar-refractivity contribution < 1.29 is 23.5 Å². The first-order valence-electron chi connectivity index (χ1n) is 8.93. The van der Waals surface area contributed by atoms with Crippen LogP contribution in [0.4, 0.5) is 20.7 Å². The first kappa shape index (κ1) is 18.6. The summed E-state index contributed by atoms with van der Waals surface area (Å²) in [7, 11) is 0. The summed E-state index contributed by atoms with van der Waals surface area (Å²) in [6, 6.07) is 7.71. The molecule has 2 N–H and O–H groups in total. The minimum absolute atomic E-state index is 0.187. The zero-order valence-electron chi connectivity index (χ0n) is 15.4. The van der Waals surface area contributed by atoms with Crippen LogP contribution in [0.3, 0.4) is 0 Å². The van der Waals surface area contributed by atoms with Crippen molar-refractivity contribution in [1.29, 1.82) is 0 Å². The summed E-state index contributed by atoms with van der Waals surface area (Å²) >= 11 is 0. The smallest absolute Gasteiger partial charge is 0.414 e. The molecule has 1 aromatic heterocycles. The van der Waals surface area contributed by atoms with Gasteiger partial charge in [-0.15, -0.1) is 0 Å². The van der Waals surface area contributed by atoms with E-state index in [1.807, 2.05) is 0 Å². The molecular weight excluding hydrogens is 379 g/mol. The summed E-state index contributed by atoms with van der Waals surface area (Å²) in [6.45, 7) is 1.75. The number of anilines is 2. The van der Waals surface area contributed by atoms with E-state index in [0.717, 1.165) is 0 Å². The molecule has 1 unspecified atom stereocenters. The molecule has 8 nitrogen and oxygen atoms in total. The largest absolute Gasteiger partial charge is 0.442 e. The number of nitrogens with one attached hydrogen (secondary N) is 2. The van der Waals surface area contributed by atoms with Crippen LogP contribution in [0.2, 0.25) is 0 Å². The summed E-state index contributed by atoms with van der Waals surface area (Å²) in [5.74, 6) is -0.731. The summed E-state index contributed by atoms with van der Waals surface area (Å²) in [5.41, 5.74) is 1.46. The highest BCUT2D eigenvalue weighted by Gasteiger charge is 2.33. The van der Waals surface area contributed by atoms with Crippen molar-refractivity contribution in [2.75, 3.05) is 23.3 Å². The van der Waals surface area contributed by atoms with Gasteiger partial charge in [0.15, 0.2) is 0 Å². The van der Waals surface area contributed by atoms with E-state index in [4.69, 9.17) is 4.74 Å². The molecule has 9 heteroatoms. The number of cyclic esters (lactones) is 1. The molecule has 3 amide bonds. The fourth-order valence-electron chi connectivity index (χ4n) is 3.22. The number of nitrogens with zero attached hydrogens (tertiary/aromatic N) is 2. The first-order valence-corrected chi connectivity index (χ1v) is 8.93. The van der Waals surface area contributed by atoms with Gasteiger partial charge in [-0.25, -0.2) is 14.2 Å². The SMILES string of the molecule is CC(=O)NCC1CN(c2ccc(/C=C3/C(=O)Nc4ncccc43)c(F)c2)C(=O)O1. The third kappa shape index (κ3) is 3.66. The summed E-state index contributed by atoms with van der Waals surface area (Å²) in [5, 5.41) is 5.22. The second kappa shape index (κ2) is 7.34. The number of fused-ring (bicyclic) bond motifs is 1. The first-order chi connectivity index (χ1) is 13.9. The lowest BCUT2D eigenvalue weighted by Crippen LogP contribution is -2.33. The Balaban J connectivity index is 1.56. The molecule has 0 bridgehead atoms. The second-order valence-electron chi connectivity index (χ2n) is 6.67. The molecule has 1 aromatic carbocycles. The van der Waals surface area contributed by atoms with Gasteiger partial charge in [0.25, 0.3) is 5.91 Å². The molecule has 29 heavy (non-hydrogen) atoms. The molecular formula is C20H17FN4O4. The van der Waals surface area contributed by atoms with Crippen LogP contribution in [0, 0.1) is 5.82 Å². The molecule has 2 aromatic rings. The fraction of sp³-hybridized carbons (Fsp3) is 0.200. The molecule has 148 valence electrons. The number of halogens is 1. The monoisotopic (exact) mass is 396 g/mol. The van der Waals surface area contributed by atoms with Crippen LogP contribution in [0.25, 0.3) is 11.6 Å². The van der Waals surface area contributed by atoms with E-state index >= 15 is 0 Å².